The summed E-state index contributed by atoms with van der Waals surface area (Å²) in [6, 6.07) is 3.37. The predicted octanol–water partition coefficient (Wildman–Crippen LogP) is 2.82. The maximum Gasteiger partial charge on any atom is 0.337 e. The van der Waals surface area contributed by atoms with E-state index in [1.165, 1.54) is 7.11 Å². The number of hydrogen-bond donors (Lipinski definition) is 1. The molecule has 1 aromatic carbocycles. The van der Waals surface area contributed by atoms with Crippen LogP contribution in [-0.4, -0.2) is 30.6 Å². The third-order valence-electron chi connectivity index (χ3n) is 2.87. The van der Waals surface area contributed by atoms with E-state index in [1.54, 1.807) is 25.3 Å². The van der Waals surface area contributed by atoms with E-state index in [0.717, 1.165) is 20.9 Å². The van der Waals surface area contributed by atoms with Crippen LogP contribution < -0.4 is 0 Å². The van der Waals surface area contributed by atoms with Crippen LogP contribution in [-0.2, 0) is 20.7 Å². The van der Waals surface area contributed by atoms with Crippen LogP contribution in [0.5, 0.6) is 0 Å². The molecule has 0 saturated carbocycles. The number of aromatic amines is 1. The minimum absolute atomic E-state index is 0.185. The fraction of sp³-hybridized carbons (Fsp3) is 0.286. The number of hydrogen-bond acceptors (Lipinski definition) is 4. The van der Waals surface area contributed by atoms with Crippen LogP contribution in [0.15, 0.2) is 22.8 Å². The molecule has 0 saturated heterocycles. The maximum atomic E-state index is 11.6. The van der Waals surface area contributed by atoms with Crippen molar-refractivity contribution in [3.05, 3.63) is 33.9 Å². The number of benzene rings is 1. The van der Waals surface area contributed by atoms with Gasteiger partial charge in [-0.2, -0.15) is 0 Å². The Morgan fingerprint density at radius 1 is 1.35 bits per heavy atom. The van der Waals surface area contributed by atoms with E-state index in [0.29, 0.717) is 12.2 Å². The molecule has 20 heavy (non-hydrogen) atoms. The van der Waals surface area contributed by atoms with Crippen molar-refractivity contribution in [1.82, 2.24) is 4.98 Å². The highest BCUT2D eigenvalue weighted by Gasteiger charge is 2.15. The lowest BCUT2D eigenvalue weighted by atomic mass is 10.1. The first-order valence-electron chi connectivity index (χ1n) is 6.10. The van der Waals surface area contributed by atoms with Crippen LogP contribution in [0.1, 0.15) is 22.8 Å². The molecule has 6 heteroatoms. The molecule has 1 aromatic heterocycles. The van der Waals surface area contributed by atoms with Crippen molar-refractivity contribution in [2.45, 2.75) is 13.3 Å². The van der Waals surface area contributed by atoms with Gasteiger partial charge in [0, 0.05) is 21.6 Å². The average Bonchev–Trinajstić information content (AvgIpc) is 2.81. The zero-order chi connectivity index (χ0) is 14.7. The summed E-state index contributed by atoms with van der Waals surface area (Å²) in [6.45, 7) is 2.13. The molecule has 0 fully saturated rings. The van der Waals surface area contributed by atoms with Crippen LogP contribution >= 0.6 is 15.9 Å². The number of fused-ring (bicyclic) bond motifs is 1. The molecule has 0 spiro atoms. The second kappa shape index (κ2) is 6.09. The van der Waals surface area contributed by atoms with Gasteiger partial charge < -0.3 is 14.5 Å². The smallest absolute Gasteiger partial charge is 0.337 e. The lowest BCUT2D eigenvalue weighted by molar-refractivity contribution is -0.142. The van der Waals surface area contributed by atoms with Gasteiger partial charge in [-0.05, 0) is 24.6 Å². The highest BCUT2D eigenvalue weighted by molar-refractivity contribution is 9.10. The van der Waals surface area contributed by atoms with Gasteiger partial charge in [0.05, 0.1) is 25.7 Å². The number of ether oxygens (including phenoxy) is 2. The van der Waals surface area contributed by atoms with Gasteiger partial charge in [-0.1, -0.05) is 15.9 Å². The number of nitrogens with one attached hydrogen (secondary N) is 1. The van der Waals surface area contributed by atoms with E-state index in [9.17, 15) is 9.59 Å². The monoisotopic (exact) mass is 339 g/mol. The van der Waals surface area contributed by atoms with Crippen LogP contribution in [0, 0.1) is 0 Å². The second-order valence-electron chi connectivity index (χ2n) is 4.17. The molecular weight excluding hydrogens is 326 g/mol. The molecule has 1 N–H and O–H groups in total. The van der Waals surface area contributed by atoms with E-state index in [-0.39, 0.29) is 12.4 Å². The first-order chi connectivity index (χ1) is 9.56. The van der Waals surface area contributed by atoms with Crippen molar-refractivity contribution in [2.24, 2.45) is 0 Å². The number of esters is 2. The molecule has 0 unspecified atom stereocenters. The number of carbonyl (C=O) groups excluding carboxylic acids is 2. The molecule has 5 nitrogen and oxygen atoms in total. The standard InChI is InChI=1S/C14H14BrNO4/c1-3-20-12(17)6-9-7-16-11-5-8(14(18)19-2)4-10(15)13(9)11/h4-5,7,16H,3,6H2,1-2H3. The van der Waals surface area contributed by atoms with Crippen molar-refractivity contribution in [1.29, 1.82) is 0 Å². The first kappa shape index (κ1) is 14.6. The van der Waals surface area contributed by atoms with E-state index in [4.69, 9.17) is 9.47 Å². The van der Waals surface area contributed by atoms with E-state index in [2.05, 4.69) is 20.9 Å². The lowest BCUT2D eigenvalue weighted by Crippen LogP contribution is -2.07. The van der Waals surface area contributed by atoms with Gasteiger partial charge in [-0.25, -0.2) is 4.79 Å². The van der Waals surface area contributed by atoms with Crippen molar-refractivity contribution in [3.63, 3.8) is 0 Å². The Balaban J connectivity index is 2.41. The largest absolute Gasteiger partial charge is 0.466 e. The van der Waals surface area contributed by atoms with Crippen molar-refractivity contribution >= 4 is 38.8 Å². The predicted molar refractivity (Wildman–Crippen MR) is 77.7 cm³/mol. The first-order valence-corrected chi connectivity index (χ1v) is 6.89. The summed E-state index contributed by atoms with van der Waals surface area (Å²) in [5, 5.41) is 0.866. The number of methoxy groups -OCH3 is 1. The maximum absolute atomic E-state index is 11.6. The van der Waals surface area contributed by atoms with Crippen LogP contribution in [0.25, 0.3) is 10.9 Å². The summed E-state index contributed by atoms with van der Waals surface area (Å²) in [4.78, 5) is 26.2. The van der Waals surface area contributed by atoms with Gasteiger partial charge in [0.2, 0.25) is 0 Å². The summed E-state index contributed by atoms with van der Waals surface area (Å²) in [5.74, 6) is -0.688. The summed E-state index contributed by atoms with van der Waals surface area (Å²) in [5.41, 5.74) is 2.03. The molecule has 2 rings (SSSR count). The molecule has 0 aliphatic rings. The van der Waals surface area contributed by atoms with E-state index < -0.39 is 5.97 Å². The zero-order valence-electron chi connectivity index (χ0n) is 11.2. The Labute approximate surface area is 124 Å². The van der Waals surface area contributed by atoms with Gasteiger partial charge in [-0.15, -0.1) is 0 Å². The highest BCUT2D eigenvalue weighted by atomic mass is 79.9. The molecule has 1 heterocycles. The molecule has 0 bridgehead atoms. The fourth-order valence-electron chi connectivity index (χ4n) is 2.03. The minimum Gasteiger partial charge on any atom is -0.466 e. The minimum atomic E-state index is -0.408. The van der Waals surface area contributed by atoms with Crippen molar-refractivity contribution in [3.8, 4) is 0 Å². The van der Waals surface area contributed by atoms with Gasteiger partial charge in [-0.3, -0.25) is 4.79 Å². The Morgan fingerprint density at radius 2 is 2.10 bits per heavy atom. The normalized spacial score (nSPS) is 10.6. The van der Waals surface area contributed by atoms with Crippen LogP contribution in [0.4, 0.5) is 0 Å². The average molecular weight is 340 g/mol. The molecular formula is C14H14BrNO4. The number of aromatic nitrogens is 1. The molecule has 2 aromatic rings. The SMILES string of the molecule is CCOC(=O)Cc1c[nH]c2cc(C(=O)OC)cc(Br)c12. The summed E-state index contributed by atoms with van der Waals surface area (Å²) in [6.07, 6.45) is 1.93. The third-order valence-corrected chi connectivity index (χ3v) is 3.50. The Morgan fingerprint density at radius 3 is 2.75 bits per heavy atom. The van der Waals surface area contributed by atoms with Gasteiger partial charge in [0.1, 0.15) is 0 Å². The molecule has 0 aliphatic carbocycles. The summed E-state index contributed by atoms with van der Waals surface area (Å²) < 4.78 is 10.4. The molecule has 0 radical (unpaired) electrons. The third kappa shape index (κ3) is 2.85. The molecule has 106 valence electrons. The molecule has 0 aliphatic heterocycles. The molecule has 0 amide bonds. The topological polar surface area (TPSA) is 68.4 Å². The number of halogens is 1. The van der Waals surface area contributed by atoms with E-state index >= 15 is 0 Å². The fourth-order valence-corrected chi connectivity index (χ4v) is 2.74. The van der Waals surface area contributed by atoms with E-state index in [1.807, 2.05) is 0 Å². The lowest BCUT2D eigenvalue weighted by Gasteiger charge is -2.04. The Hall–Kier alpha value is -1.82. The summed E-state index contributed by atoms with van der Waals surface area (Å²) in [7, 11) is 1.33. The number of rotatable bonds is 4. The van der Waals surface area contributed by atoms with Gasteiger partial charge >= 0.3 is 11.9 Å². The zero-order valence-corrected chi connectivity index (χ0v) is 12.7. The second-order valence-corrected chi connectivity index (χ2v) is 5.02. The Bertz CT molecular complexity index is 662. The van der Waals surface area contributed by atoms with Gasteiger partial charge in [0.15, 0.2) is 0 Å². The molecule has 0 atom stereocenters. The summed E-state index contributed by atoms with van der Waals surface area (Å²) >= 11 is 3.42. The Kier molecular flexibility index (Phi) is 4.44. The number of H-pyrrole nitrogens is 1. The van der Waals surface area contributed by atoms with Crippen LogP contribution in [0.3, 0.4) is 0 Å². The number of carbonyl (C=O) groups is 2. The highest BCUT2D eigenvalue weighted by Crippen LogP contribution is 2.29. The quantitative estimate of drug-likeness (QED) is 0.869. The van der Waals surface area contributed by atoms with Crippen molar-refractivity contribution in [2.75, 3.05) is 13.7 Å². The van der Waals surface area contributed by atoms with Crippen molar-refractivity contribution < 1.29 is 19.1 Å². The van der Waals surface area contributed by atoms with Gasteiger partial charge in [0.25, 0.3) is 0 Å². The van der Waals surface area contributed by atoms with Crippen LogP contribution in [0.2, 0.25) is 0 Å².